The van der Waals surface area contributed by atoms with Gasteiger partial charge in [0.25, 0.3) is 15.9 Å². The quantitative estimate of drug-likeness (QED) is 0.388. The number of carbonyl (C=O) groups excluding carboxylic acids is 1. The van der Waals surface area contributed by atoms with Crippen LogP contribution in [0.4, 0.5) is 5.69 Å². The second kappa shape index (κ2) is 12.0. The molecule has 1 amide bonds. The van der Waals surface area contributed by atoms with Gasteiger partial charge in [0.05, 0.1) is 18.1 Å². The number of nitrogens with one attached hydrogen (secondary N) is 2. The monoisotopic (exact) mass is 468 g/mol. The first-order valence-electron chi connectivity index (χ1n) is 10.7. The lowest BCUT2D eigenvalue weighted by Gasteiger charge is -2.10. The number of ether oxygens (including phenoxy) is 2. The number of rotatable bonds is 12. The van der Waals surface area contributed by atoms with Gasteiger partial charge in [-0.25, -0.2) is 8.42 Å². The van der Waals surface area contributed by atoms with Gasteiger partial charge in [-0.2, -0.15) is 0 Å². The van der Waals surface area contributed by atoms with Crippen LogP contribution in [0.3, 0.4) is 0 Å². The summed E-state index contributed by atoms with van der Waals surface area (Å²) in [6.45, 7) is 3.94. The molecule has 3 aromatic rings. The Morgan fingerprint density at radius 3 is 2.27 bits per heavy atom. The standard InChI is InChI=1S/C25H28N2O5S/c1-2-32-23-13-15-24(16-14-23)33(29,30)27-22-11-9-21(10-12-22)25(28)26-17-6-18-31-19-20-7-4-3-5-8-20/h3-5,7-16,27H,2,6,17-19H2,1H3,(H,26,28). The van der Waals surface area contributed by atoms with Crippen molar-refractivity contribution < 1.29 is 22.7 Å². The van der Waals surface area contributed by atoms with Crippen molar-refractivity contribution in [1.82, 2.24) is 5.32 Å². The fraction of sp³-hybridized carbons (Fsp3) is 0.240. The average molecular weight is 469 g/mol. The van der Waals surface area contributed by atoms with Crippen LogP contribution in [0.1, 0.15) is 29.3 Å². The molecule has 0 radical (unpaired) electrons. The molecule has 0 spiro atoms. The van der Waals surface area contributed by atoms with E-state index in [9.17, 15) is 13.2 Å². The molecule has 0 aromatic heterocycles. The number of anilines is 1. The van der Waals surface area contributed by atoms with E-state index in [0.29, 0.717) is 49.8 Å². The molecule has 33 heavy (non-hydrogen) atoms. The smallest absolute Gasteiger partial charge is 0.261 e. The molecule has 3 aromatic carbocycles. The Balaban J connectivity index is 1.43. The maximum atomic E-state index is 12.6. The van der Waals surface area contributed by atoms with Crippen LogP contribution in [0.2, 0.25) is 0 Å². The van der Waals surface area contributed by atoms with Crippen LogP contribution in [-0.2, 0) is 21.4 Å². The molecular weight excluding hydrogens is 440 g/mol. The maximum Gasteiger partial charge on any atom is 0.261 e. The third-order valence-corrected chi connectivity index (χ3v) is 6.10. The summed E-state index contributed by atoms with van der Waals surface area (Å²) < 4.78 is 38.6. The van der Waals surface area contributed by atoms with E-state index < -0.39 is 10.0 Å². The maximum absolute atomic E-state index is 12.6. The first-order valence-corrected chi connectivity index (χ1v) is 12.2. The highest BCUT2D eigenvalue weighted by Gasteiger charge is 2.14. The molecule has 0 saturated heterocycles. The fourth-order valence-electron chi connectivity index (χ4n) is 3.03. The van der Waals surface area contributed by atoms with Crippen LogP contribution < -0.4 is 14.8 Å². The lowest BCUT2D eigenvalue weighted by atomic mass is 10.2. The van der Waals surface area contributed by atoms with Gasteiger partial charge < -0.3 is 14.8 Å². The van der Waals surface area contributed by atoms with Gasteiger partial charge >= 0.3 is 0 Å². The van der Waals surface area contributed by atoms with E-state index in [1.807, 2.05) is 37.3 Å². The van der Waals surface area contributed by atoms with E-state index in [0.717, 1.165) is 5.56 Å². The molecule has 0 fully saturated rings. The highest BCUT2D eigenvalue weighted by Crippen LogP contribution is 2.19. The number of carbonyl (C=O) groups is 1. The van der Waals surface area contributed by atoms with Crippen LogP contribution >= 0.6 is 0 Å². The lowest BCUT2D eigenvalue weighted by molar-refractivity contribution is 0.0934. The topological polar surface area (TPSA) is 93.7 Å². The molecule has 0 aliphatic rings. The predicted molar refractivity (Wildman–Crippen MR) is 128 cm³/mol. The molecule has 0 heterocycles. The van der Waals surface area contributed by atoms with Crippen LogP contribution in [0.15, 0.2) is 83.8 Å². The first-order chi connectivity index (χ1) is 16.0. The molecule has 0 saturated carbocycles. The van der Waals surface area contributed by atoms with Gasteiger partial charge in [-0.15, -0.1) is 0 Å². The summed E-state index contributed by atoms with van der Waals surface area (Å²) in [7, 11) is -3.74. The highest BCUT2D eigenvalue weighted by molar-refractivity contribution is 7.92. The summed E-state index contributed by atoms with van der Waals surface area (Å²) in [6.07, 6.45) is 0.693. The summed E-state index contributed by atoms with van der Waals surface area (Å²) in [5, 5.41) is 2.84. The van der Waals surface area contributed by atoms with Gasteiger partial charge in [0, 0.05) is 24.4 Å². The summed E-state index contributed by atoms with van der Waals surface area (Å²) in [5.74, 6) is 0.383. The van der Waals surface area contributed by atoms with E-state index in [2.05, 4.69) is 10.0 Å². The van der Waals surface area contributed by atoms with Gasteiger partial charge in [-0.3, -0.25) is 9.52 Å². The molecule has 3 rings (SSSR count). The number of benzene rings is 3. The number of hydrogen-bond donors (Lipinski definition) is 2. The van der Waals surface area contributed by atoms with Crippen molar-refractivity contribution >= 4 is 21.6 Å². The summed E-state index contributed by atoms with van der Waals surface area (Å²) >= 11 is 0. The van der Waals surface area contributed by atoms with Crippen LogP contribution in [-0.4, -0.2) is 34.1 Å². The Labute approximate surface area is 194 Å². The Morgan fingerprint density at radius 1 is 0.909 bits per heavy atom. The molecule has 0 aliphatic carbocycles. The Morgan fingerprint density at radius 2 is 1.61 bits per heavy atom. The van der Waals surface area contributed by atoms with Crippen LogP contribution in [0.25, 0.3) is 0 Å². The van der Waals surface area contributed by atoms with Crippen molar-refractivity contribution in [3.8, 4) is 5.75 Å². The van der Waals surface area contributed by atoms with Crippen molar-refractivity contribution in [2.75, 3.05) is 24.5 Å². The van der Waals surface area contributed by atoms with Gasteiger partial charge in [-0.05, 0) is 67.4 Å². The molecule has 174 valence electrons. The SMILES string of the molecule is CCOc1ccc(S(=O)(=O)Nc2ccc(C(=O)NCCCOCc3ccccc3)cc2)cc1. The van der Waals surface area contributed by atoms with E-state index in [-0.39, 0.29) is 10.8 Å². The number of sulfonamides is 1. The fourth-order valence-corrected chi connectivity index (χ4v) is 4.09. The van der Waals surface area contributed by atoms with Gasteiger partial charge in [-0.1, -0.05) is 30.3 Å². The largest absolute Gasteiger partial charge is 0.494 e. The van der Waals surface area contributed by atoms with E-state index >= 15 is 0 Å². The summed E-state index contributed by atoms with van der Waals surface area (Å²) in [6, 6.07) is 22.4. The number of hydrogen-bond acceptors (Lipinski definition) is 5. The van der Waals surface area contributed by atoms with Crippen molar-refractivity contribution in [1.29, 1.82) is 0 Å². The predicted octanol–water partition coefficient (Wildman–Crippen LogP) is 4.22. The zero-order valence-corrected chi connectivity index (χ0v) is 19.3. The summed E-state index contributed by atoms with van der Waals surface area (Å²) in [5.41, 5.74) is 1.93. The van der Waals surface area contributed by atoms with E-state index in [1.165, 1.54) is 12.1 Å². The third kappa shape index (κ3) is 7.62. The molecular formula is C25H28N2O5S. The van der Waals surface area contributed by atoms with Crippen LogP contribution in [0.5, 0.6) is 5.75 Å². The normalized spacial score (nSPS) is 11.1. The molecule has 8 heteroatoms. The molecule has 0 atom stereocenters. The molecule has 0 bridgehead atoms. The van der Waals surface area contributed by atoms with Crippen molar-refractivity contribution in [2.24, 2.45) is 0 Å². The van der Waals surface area contributed by atoms with Gasteiger partial charge in [0.1, 0.15) is 5.75 Å². The van der Waals surface area contributed by atoms with Crippen molar-refractivity contribution in [2.45, 2.75) is 24.8 Å². The average Bonchev–Trinajstić information content (AvgIpc) is 2.82. The molecule has 2 N–H and O–H groups in total. The van der Waals surface area contributed by atoms with Crippen molar-refractivity contribution in [3.63, 3.8) is 0 Å². The Bertz CT molecular complexity index is 1120. The van der Waals surface area contributed by atoms with E-state index in [4.69, 9.17) is 9.47 Å². The molecule has 0 unspecified atom stereocenters. The van der Waals surface area contributed by atoms with Crippen molar-refractivity contribution in [3.05, 3.63) is 90.0 Å². The second-order valence-electron chi connectivity index (χ2n) is 7.23. The zero-order chi connectivity index (χ0) is 23.5. The first kappa shape index (κ1) is 24.3. The van der Waals surface area contributed by atoms with E-state index in [1.54, 1.807) is 36.4 Å². The van der Waals surface area contributed by atoms with Gasteiger partial charge in [0.2, 0.25) is 0 Å². The molecule has 0 aliphatic heterocycles. The Hall–Kier alpha value is -3.36. The minimum atomic E-state index is -3.74. The lowest BCUT2D eigenvalue weighted by Crippen LogP contribution is -2.25. The highest BCUT2D eigenvalue weighted by atomic mass is 32.2. The number of amides is 1. The zero-order valence-electron chi connectivity index (χ0n) is 18.5. The summed E-state index contributed by atoms with van der Waals surface area (Å²) in [4.78, 5) is 12.4. The molecule has 7 nitrogen and oxygen atoms in total. The van der Waals surface area contributed by atoms with Crippen LogP contribution in [0, 0.1) is 0 Å². The third-order valence-electron chi connectivity index (χ3n) is 4.71. The van der Waals surface area contributed by atoms with Gasteiger partial charge in [0.15, 0.2) is 0 Å². The minimum Gasteiger partial charge on any atom is -0.494 e. The minimum absolute atomic E-state index is 0.127. The second-order valence-corrected chi connectivity index (χ2v) is 8.92. The Kier molecular flexibility index (Phi) is 8.86.